The van der Waals surface area contributed by atoms with Crippen LogP contribution in [0.2, 0.25) is 0 Å². The number of carboxylic acids is 1. The van der Waals surface area contributed by atoms with E-state index in [1.54, 1.807) is 0 Å². The fraction of sp³-hybridized carbons (Fsp3) is 0.778. The normalized spacial score (nSPS) is 14.5. The second-order valence-electron chi connectivity index (χ2n) is 4.21. The fourth-order valence-electron chi connectivity index (χ4n) is 0.577. The van der Waals surface area contributed by atoms with E-state index < -0.39 is 29.4 Å². The molecule has 0 fully saturated rings. The highest BCUT2D eigenvalue weighted by molar-refractivity contribution is 5.78. The van der Waals surface area contributed by atoms with Gasteiger partial charge in [-0.25, -0.2) is 0 Å². The standard InChI is InChI=1S/C9H14F2O4/c1-5(9(10,11)6(12)13)15-7(14)8(2,3)4/h5H,1-4H3,(H,12,13)/p-1. The van der Waals surface area contributed by atoms with E-state index in [-0.39, 0.29) is 0 Å². The van der Waals surface area contributed by atoms with Gasteiger partial charge in [0.2, 0.25) is 0 Å². The first kappa shape index (κ1) is 13.8. The molecule has 15 heavy (non-hydrogen) atoms. The van der Waals surface area contributed by atoms with Gasteiger partial charge in [0.05, 0.1) is 5.41 Å². The third kappa shape index (κ3) is 3.45. The highest BCUT2D eigenvalue weighted by Gasteiger charge is 2.42. The van der Waals surface area contributed by atoms with Crippen molar-refractivity contribution in [3.63, 3.8) is 0 Å². The largest absolute Gasteiger partial charge is 0.544 e. The summed E-state index contributed by atoms with van der Waals surface area (Å²) in [6.45, 7) is 5.22. The molecule has 0 amide bonds. The molecule has 0 heterocycles. The lowest BCUT2D eigenvalue weighted by Gasteiger charge is -2.27. The lowest BCUT2D eigenvalue weighted by molar-refractivity contribution is -0.335. The van der Waals surface area contributed by atoms with Crippen molar-refractivity contribution in [2.45, 2.75) is 39.7 Å². The molecular formula is C9H13F2O4-. The van der Waals surface area contributed by atoms with Gasteiger partial charge in [-0.05, 0) is 27.7 Å². The number of esters is 1. The molecule has 0 aliphatic heterocycles. The summed E-state index contributed by atoms with van der Waals surface area (Å²) >= 11 is 0. The van der Waals surface area contributed by atoms with E-state index in [2.05, 4.69) is 4.74 Å². The van der Waals surface area contributed by atoms with Crippen LogP contribution in [0.1, 0.15) is 27.7 Å². The van der Waals surface area contributed by atoms with Crippen LogP contribution in [0.3, 0.4) is 0 Å². The molecule has 0 aromatic heterocycles. The molecular weight excluding hydrogens is 210 g/mol. The average molecular weight is 223 g/mol. The topological polar surface area (TPSA) is 66.4 Å². The monoisotopic (exact) mass is 223 g/mol. The Kier molecular flexibility index (Phi) is 3.79. The molecule has 1 atom stereocenters. The van der Waals surface area contributed by atoms with Gasteiger partial charge in [-0.15, -0.1) is 0 Å². The molecule has 0 aromatic rings. The molecule has 0 saturated carbocycles. The van der Waals surface area contributed by atoms with Gasteiger partial charge in [0, 0.05) is 0 Å². The van der Waals surface area contributed by atoms with E-state index in [0.29, 0.717) is 0 Å². The average Bonchev–Trinajstić information content (AvgIpc) is 2.01. The van der Waals surface area contributed by atoms with E-state index >= 15 is 0 Å². The van der Waals surface area contributed by atoms with Crippen molar-refractivity contribution in [3.05, 3.63) is 0 Å². The minimum absolute atomic E-state index is 0.805. The first-order valence-corrected chi connectivity index (χ1v) is 4.30. The van der Waals surface area contributed by atoms with Crippen molar-refractivity contribution in [2.24, 2.45) is 5.41 Å². The molecule has 4 nitrogen and oxygen atoms in total. The number of carboxylic acid groups (broad SMARTS) is 1. The van der Waals surface area contributed by atoms with Crippen molar-refractivity contribution >= 4 is 11.9 Å². The summed E-state index contributed by atoms with van der Waals surface area (Å²) in [5.74, 6) is -7.63. The Labute approximate surface area is 86.2 Å². The Bertz CT molecular complexity index is 268. The van der Waals surface area contributed by atoms with Gasteiger partial charge in [-0.2, -0.15) is 8.78 Å². The summed E-state index contributed by atoms with van der Waals surface area (Å²) in [7, 11) is 0. The lowest BCUT2D eigenvalue weighted by Crippen LogP contribution is -2.50. The van der Waals surface area contributed by atoms with Gasteiger partial charge < -0.3 is 14.6 Å². The first-order valence-electron chi connectivity index (χ1n) is 4.30. The van der Waals surface area contributed by atoms with Crippen LogP contribution >= 0.6 is 0 Å². The lowest BCUT2D eigenvalue weighted by atomic mass is 9.97. The highest BCUT2D eigenvalue weighted by Crippen LogP contribution is 2.24. The number of hydrogen-bond acceptors (Lipinski definition) is 4. The highest BCUT2D eigenvalue weighted by atomic mass is 19.3. The first-order chi connectivity index (χ1) is 6.49. The van der Waals surface area contributed by atoms with Crippen LogP contribution in [0.4, 0.5) is 8.78 Å². The molecule has 0 rings (SSSR count). The van der Waals surface area contributed by atoms with Crippen molar-refractivity contribution in [3.8, 4) is 0 Å². The van der Waals surface area contributed by atoms with Crippen LogP contribution in [0, 0.1) is 5.41 Å². The van der Waals surface area contributed by atoms with Crippen LogP contribution in [0.25, 0.3) is 0 Å². The molecule has 1 unspecified atom stereocenters. The van der Waals surface area contributed by atoms with Crippen molar-refractivity contribution in [1.82, 2.24) is 0 Å². The maximum atomic E-state index is 12.7. The number of rotatable bonds is 3. The summed E-state index contributed by atoms with van der Waals surface area (Å²) in [4.78, 5) is 21.2. The molecule has 6 heteroatoms. The quantitative estimate of drug-likeness (QED) is 0.647. The van der Waals surface area contributed by atoms with Crippen LogP contribution in [-0.2, 0) is 14.3 Å². The minimum atomic E-state index is -4.18. The molecule has 0 aliphatic carbocycles. The zero-order valence-electron chi connectivity index (χ0n) is 8.97. The minimum Gasteiger partial charge on any atom is -0.544 e. The number of aliphatic carboxylic acids is 1. The molecule has 0 N–H and O–H groups in total. The summed E-state index contributed by atoms with van der Waals surface area (Å²) in [6.07, 6.45) is -2.05. The molecule has 0 saturated heterocycles. The van der Waals surface area contributed by atoms with E-state index in [1.165, 1.54) is 20.8 Å². The molecule has 0 bridgehead atoms. The third-order valence-electron chi connectivity index (χ3n) is 1.68. The smallest absolute Gasteiger partial charge is 0.322 e. The van der Waals surface area contributed by atoms with Gasteiger partial charge in [0.15, 0.2) is 6.10 Å². The Morgan fingerprint density at radius 1 is 1.27 bits per heavy atom. The fourth-order valence-corrected chi connectivity index (χ4v) is 0.577. The number of ether oxygens (including phenoxy) is 1. The van der Waals surface area contributed by atoms with E-state index in [1.807, 2.05) is 0 Å². The van der Waals surface area contributed by atoms with Crippen LogP contribution in [0.15, 0.2) is 0 Å². The Hall–Kier alpha value is -1.20. The zero-order valence-corrected chi connectivity index (χ0v) is 8.97. The van der Waals surface area contributed by atoms with E-state index in [9.17, 15) is 23.5 Å². The maximum Gasteiger partial charge on any atom is 0.322 e. The summed E-state index contributed by atoms with van der Waals surface area (Å²) in [5.41, 5.74) is -0.962. The second kappa shape index (κ2) is 4.12. The van der Waals surface area contributed by atoms with Crippen LogP contribution in [-0.4, -0.2) is 24.0 Å². The SMILES string of the molecule is CC(OC(=O)C(C)(C)C)C(F)(F)C(=O)[O-]. The Morgan fingerprint density at radius 2 is 1.67 bits per heavy atom. The Balaban J connectivity index is 4.58. The van der Waals surface area contributed by atoms with E-state index in [4.69, 9.17) is 0 Å². The second-order valence-corrected chi connectivity index (χ2v) is 4.21. The Morgan fingerprint density at radius 3 is 1.93 bits per heavy atom. The summed E-state index contributed by atoms with van der Waals surface area (Å²) < 4.78 is 29.8. The number of carbonyl (C=O) groups is 2. The summed E-state index contributed by atoms with van der Waals surface area (Å²) in [5, 5.41) is 10.0. The van der Waals surface area contributed by atoms with Gasteiger partial charge in [0.25, 0.3) is 0 Å². The number of carbonyl (C=O) groups excluding carboxylic acids is 2. The number of alkyl halides is 2. The summed E-state index contributed by atoms with van der Waals surface area (Å²) in [6, 6.07) is 0. The van der Waals surface area contributed by atoms with Crippen molar-refractivity contribution in [2.75, 3.05) is 0 Å². The van der Waals surface area contributed by atoms with Crippen LogP contribution < -0.4 is 5.11 Å². The third-order valence-corrected chi connectivity index (χ3v) is 1.68. The number of hydrogen-bond donors (Lipinski definition) is 0. The van der Waals surface area contributed by atoms with Gasteiger partial charge in [-0.3, -0.25) is 4.79 Å². The maximum absolute atomic E-state index is 12.7. The number of halogens is 2. The van der Waals surface area contributed by atoms with Gasteiger partial charge in [-0.1, -0.05) is 0 Å². The molecule has 0 radical (unpaired) electrons. The van der Waals surface area contributed by atoms with Crippen molar-refractivity contribution in [1.29, 1.82) is 0 Å². The molecule has 0 aromatic carbocycles. The predicted molar refractivity (Wildman–Crippen MR) is 45.0 cm³/mol. The zero-order chi connectivity index (χ0) is 12.4. The van der Waals surface area contributed by atoms with Crippen LogP contribution in [0.5, 0.6) is 0 Å². The predicted octanol–water partition coefficient (Wildman–Crippen LogP) is 0.349. The molecule has 88 valence electrons. The van der Waals surface area contributed by atoms with Gasteiger partial charge >= 0.3 is 11.9 Å². The molecule has 0 spiro atoms. The van der Waals surface area contributed by atoms with E-state index in [0.717, 1.165) is 6.92 Å². The van der Waals surface area contributed by atoms with Crippen molar-refractivity contribution < 1.29 is 28.2 Å². The molecule has 0 aliphatic rings. The van der Waals surface area contributed by atoms with Gasteiger partial charge in [0.1, 0.15) is 5.97 Å².